The third-order valence-corrected chi connectivity index (χ3v) is 4.36. The molecule has 90 valence electrons. The van der Waals surface area contributed by atoms with E-state index in [2.05, 4.69) is 9.71 Å². The Morgan fingerprint density at radius 2 is 2.38 bits per heavy atom. The number of sulfonamides is 1. The lowest BCUT2D eigenvalue weighted by atomic mass is 10.3. The SMILES string of the molecule is CC(C(=O)O)S(=O)(=O)NCCc1cscn1. The van der Waals surface area contributed by atoms with Crippen molar-refractivity contribution in [1.29, 1.82) is 0 Å². The monoisotopic (exact) mass is 264 g/mol. The minimum absolute atomic E-state index is 0.156. The molecule has 0 aliphatic rings. The molecule has 8 heteroatoms. The van der Waals surface area contributed by atoms with Crippen LogP contribution in [0, 0.1) is 0 Å². The molecule has 0 bridgehead atoms. The van der Waals surface area contributed by atoms with Gasteiger partial charge >= 0.3 is 5.97 Å². The van der Waals surface area contributed by atoms with Crippen LogP contribution >= 0.6 is 11.3 Å². The zero-order valence-corrected chi connectivity index (χ0v) is 10.2. The Kier molecular flexibility index (Phi) is 4.39. The van der Waals surface area contributed by atoms with E-state index in [1.165, 1.54) is 11.3 Å². The quantitative estimate of drug-likeness (QED) is 0.758. The van der Waals surface area contributed by atoms with E-state index in [1.807, 2.05) is 5.38 Å². The Bertz CT molecular complexity index is 441. The first-order chi connectivity index (χ1) is 7.43. The summed E-state index contributed by atoms with van der Waals surface area (Å²) in [7, 11) is -3.79. The van der Waals surface area contributed by atoms with Crippen molar-refractivity contribution in [2.45, 2.75) is 18.6 Å². The molecule has 0 amide bonds. The molecule has 1 aromatic rings. The average molecular weight is 264 g/mol. The van der Waals surface area contributed by atoms with Gasteiger partial charge in [0.1, 0.15) is 0 Å². The van der Waals surface area contributed by atoms with Crippen LogP contribution in [-0.2, 0) is 21.2 Å². The minimum Gasteiger partial charge on any atom is -0.480 e. The highest BCUT2D eigenvalue weighted by Gasteiger charge is 2.26. The second kappa shape index (κ2) is 5.37. The van der Waals surface area contributed by atoms with Crippen molar-refractivity contribution in [3.05, 3.63) is 16.6 Å². The summed E-state index contributed by atoms with van der Waals surface area (Å²) in [5, 5.41) is 8.94. The first kappa shape index (κ1) is 13.1. The van der Waals surface area contributed by atoms with Crippen molar-refractivity contribution in [3.8, 4) is 0 Å². The molecule has 0 radical (unpaired) electrons. The predicted molar refractivity (Wildman–Crippen MR) is 59.8 cm³/mol. The lowest BCUT2D eigenvalue weighted by Crippen LogP contribution is -2.38. The summed E-state index contributed by atoms with van der Waals surface area (Å²) < 4.78 is 25.0. The third-order valence-electron chi connectivity index (χ3n) is 1.98. The molecule has 6 nitrogen and oxygen atoms in total. The van der Waals surface area contributed by atoms with Gasteiger partial charge in [-0.25, -0.2) is 18.1 Å². The highest BCUT2D eigenvalue weighted by molar-refractivity contribution is 7.90. The normalized spacial score (nSPS) is 13.6. The molecule has 0 aromatic carbocycles. The van der Waals surface area contributed by atoms with Crippen LogP contribution < -0.4 is 4.72 Å². The first-order valence-corrected chi connectivity index (χ1v) is 7.01. The van der Waals surface area contributed by atoms with Crippen LogP contribution in [0.15, 0.2) is 10.9 Å². The van der Waals surface area contributed by atoms with Crippen LogP contribution in [0.4, 0.5) is 0 Å². The zero-order valence-electron chi connectivity index (χ0n) is 8.58. The predicted octanol–water partition coefficient (Wildman–Crippen LogP) is 0.0781. The molecule has 0 aliphatic carbocycles. The maximum atomic E-state index is 11.4. The number of carboxylic acids is 1. The summed E-state index contributed by atoms with van der Waals surface area (Å²) in [6, 6.07) is 0. The Morgan fingerprint density at radius 1 is 1.69 bits per heavy atom. The highest BCUT2D eigenvalue weighted by Crippen LogP contribution is 2.02. The second-order valence-electron chi connectivity index (χ2n) is 3.15. The Hall–Kier alpha value is -0.990. The van der Waals surface area contributed by atoms with Gasteiger partial charge in [-0.3, -0.25) is 4.79 Å². The van der Waals surface area contributed by atoms with Gasteiger partial charge in [0.2, 0.25) is 10.0 Å². The summed E-state index contributed by atoms with van der Waals surface area (Å²) in [5.74, 6) is -1.36. The Morgan fingerprint density at radius 3 is 2.88 bits per heavy atom. The van der Waals surface area contributed by atoms with E-state index in [1.54, 1.807) is 5.51 Å². The van der Waals surface area contributed by atoms with Crippen molar-refractivity contribution in [2.24, 2.45) is 0 Å². The average Bonchev–Trinajstić information content (AvgIpc) is 2.69. The topological polar surface area (TPSA) is 96.4 Å². The van der Waals surface area contributed by atoms with Crippen molar-refractivity contribution >= 4 is 27.3 Å². The van der Waals surface area contributed by atoms with Gasteiger partial charge in [-0.05, 0) is 6.92 Å². The fourth-order valence-corrected chi connectivity index (χ4v) is 2.44. The molecular weight excluding hydrogens is 252 g/mol. The Balaban J connectivity index is 2.46. The van der Waals surface area contributed by atoms with E-state index in [9.17, 15) is 13.2 Å². The van der Waals surface area contributed by atoms with Crippen molar-refractivity contribution in [3.63, 3.8) is 0 Å². The molecule has 1 unspecified atom stereocenters. The van der Waals surface area contributed by atoms with Gasteiger partial charge < -0.3 is 5.11 Å². The van der Waals surface area contributed by atoms with Crippen molar-refractivity contribution in [2.75, 3.05) is 6.54 Å². The summed E-state index contributed by atoms with van der Waals surface area (Å²) in [6.45, 7) is 1.29. The molecule has 0 spiro atoms. The number of nitrogens with zero attached hydrogens (tertiary/aromatic N) is 1. The largest absolute Gasteiger partial charge is 0.480 e. The number of nitrogens with one attached hydrogen (secondary N) is 1. The van der Waals surface area contributed by atoms with Crippen LogP contribution in [0.1, 0.15) is 12.6 Å². The molecule has 0 aliphatic heterocycles. The number of hydrogen-bond acceptors (Lipinski definition) is 5. The molecule has 0 saturated heterocycles. The number of carbonyl (C=O) groups is 1. The van der Waals surface area contributed by atoms with E-state index >= 15 is 0 Å². The Labute approximate surface area is 97.4 Å². The van der Waals surface area contributed by atoms with Crippen molar-refractivity contribution in [1.82, 2.24) is 9.71 Å². The summed E-state index contributed by atoms with van der Waals surface area (Å²) in [4.78, 5) is 14.5. The van der Waals surface area contributed by atoms with Crippen LogP contribution in [0.5, 0.6) is 0 Å². The molecule has 0 fully saturated rings. The highest BCUT2D eigenvalue weighted by atomic mass is 32.2. The summed E-state index contributed by atoms with van der Waals surface area (Å²) in [6.07, 6.45) is 0.453. The van der Waals surface area contributed by atoms with Gasteiger partial charge in [0.15, 0.2) is 5.25 Å². The number of thiazole rings is 1. The van der Waals surface area contributed by atoms with E-state index in [-0.39, 0.29) is 6.54 Å². The fraction of sp³-hybridized carbons (Fsp3) is 0.500. The van der Waals surface area contributed by atoms with E-state index < -0.39 is 21.2 Å². The lowest BCUT2D eigenvalue weighted by molar-refractivity contribution is -0.136. The standard InChI is InChI=1S/C8H12N2O4S2/c1-6(8(11)12)16(13,14)10-3-2-7-4-15-5-9-7/h4-6,10H,2-3H2,1H3,(H,11,12). The third kappa shape index (κ3) is 3.54. The zero-order chi connectivity index (χ0) is 12.2. The maximum Gasteiger partial charge on any atom is 0.323 e. The van der Waals surface area contributed by atoms with E-state index in [0.717, 1.165) is 12.6 Å². The molecule has 1 heterocycles. The number of aliphatic carboxylic acids is 1. The molecule has 1 rings (SSSR count). The molecule has 0 saturated carbocycles. The van der Waals surface area contributed by atoms with Crippen molar-refractivity contribution < 1.29 is 18.3 Å². The van der Waals surface area contributed by atoms with Crippen LogP contribution in [0.2, 0.25) is 0 Å². The molecule has 1 atom stereocenters. The lowest BCUT2D eigenvalue weighted by Gasteiger charge is -2.09. The minimum atomic E-state index is -3.79. The number of rotatable bonds is 6. The molecular formula is C8H12N2O4S2. The molecule has 16 heavy (non-hydrogen) atoms. The molecule has 2 N–H and O–H groups in total. The van der Waals surface area contributed by atoms with Gasteiger partial charge in [-0.15, -0.1) is 11.3 Å². The van der Waals surface area contributed by atoms with E-state index in [4.69, 9.17) is 5.11 Å². The van der Waals surface area contributed by atoms with Crippen LogP contribution in [-0.4, -0.2) is 36.3 Å². The fourth-order valence-electron chi connectivity index (χ4n) is 0.940. The second-order valence-corrected chi connectivity index (χ2v) is 5.95. The number of hydrogen-bond donors (Lipinski definition) is 2. The summed E-state index contributed by atoms with van der Waals surface area (Å²) in [5.41, 5.74) is 2.44. The number of aromatic nitrogens is 1. The van der Waals surface area contributed by atoms with E-state index in [0.29, 0.717) is 6.42 Å². The van der Waals surface area contributed by atoms with Gasteiger partial charge in [0.25, 0.3) is 0 Å². The molecule has 1 aromatic heterocycles. The first-order valence-electron chi connectivity index (χ1n) is 4.52. The summed E-state index contributed by atoms with van der Waals surface area (Å²) >= 11 is 1.43. The van der Waals surface area contributed by atoms with Crippen LogP contribution in [0.3, 0.4) is 0 Å². The van der Waals surface area contributed by atoms with Gasteiger partial charge in [-0.2, -0.15) is 0 Å². The van der Waals surface area contributed by atoms with Gasteiger partial charge in [-0.1, -0.05) is 0 Å². The number of carboxylic acid groups (broad SMARTS) is 1. The van der Waals surface area contributed by atoms with Crippen LogP contribution in [0.25, 0.3) is 0 Å². The maximum absolute atomic E-state index is 11.4. The van der Waals surface area contributed by atoms with Gasteiger partial charge in [0.05, 0.1) is 11.2 Å². The van der Waals surface area contributed by atoms with Gasteiger partial charge in [0, 0.05) is 18.3 Å². The smallest absolute Gasteiger partial charge is 0.323 e.